The second-order valence-corrected chi connectivity index (χ2v) is 38.1. The van der Waals surface area contributed by atoms with Crippen LogP contribution in [0.4, 0.5) is 102 Å². The van der Waals surface area contributed by atoms with Crippen molar-refractivity contribution in [2.45, 2.75) is 25.7 Å². The van der Waals surface area contributed by atoms with Gasteiger partial charge in [0.05, 0.1) is 11.4 Å². The molecule has 2 aliphatic carbocycles. The van der Waals surface area contributed by atoms with E-state index in [4.69, 9.17) is 0 Å². The van der Waals surface area contributed by atoms with Crippen molar-refractivity contribution >= 4 is 167 Å². The fourth-order valence-electron chi connectivity index (χ4n) is 22.1. The Morgan fingerprint density at radius 2 is 0.318 bits per heavy atom. The van der Waals surface area contributed by atoms with Crippen molar-refractivity contribution in [3.63, 3.8) is 0 Å². The number of nitrogens with zero attached hydrogens (tertiary/aromatic N) is 6. The van der Waals surface area contributed by atoms with Gasteiger partial charge in [0, 0.05) is 102 Å². The Balaban J connectivity index is 0.000000116. The number of aryl methyl sites for hydroxylation is 4. The van der Waals surface area contributed by atoms with Crippen LogP contribution in [0.15, 0.2) is 582 Å². The number of hydrogen-bond acceptors (Lipinski definition) is 6. The van der Waals surface area contributed by atoms with E-state index in [0.717, 1.165) is 93.9 Å². The van der Waals surface area contributed by atoms with E-state index in [1.54, 1.807) is 0 Å². The van der Waals surface area contributed by atoms with Gasteiger partial charge in [-0.25, -0.2) is 0 Å². The van der Waals surface area contributed by atoms with Gasteiger partial charge in [-0.1, -0.05) is 388 Å². The largest absolute Gasteiger partial charge is 0.310 e. The maximum absolute atomic E-state index is 2.43. The SMILES string of the molecule is c1ccc(N(c2ccc(-c3ccc(-c4ccc(N(c5ccccc5)c5cccc6ccccc56)cc4)cc3)cc2)c2cccc3ccccc23)cc1.c1ccc(N(c2ccc(-c3ccc(N(c4ccccc4)c4ccc5cccc6c5c4CC6)cc3)cc2)c2ccc3cccc4c3c2CC4)cc1.c1ccc(N(c2ccc(-c3ccc(N(c4ccccc4)c4ccc5ccccc5c4)cc3)cc2)c2ccc3ccccc3c2)cc1. The summed E-state index contributed by atoms with van der Waals surface area (Å²) in [6, 6.07) is 210. The zero-order valence-corrected chi connectivity index (χ0v) is 81.9. The molecular formula is C142H104N6. The molecule has 0 aliphatic heterocycles. The normalized spacial score (nSPS) is 11.7. The first-order chi connectivity index (χ1) is 73.4. The molecule has 0 unspecified atom stereocenters. The first-order valence-electron chi connectivity index (χ1n) is 51.2. The second kappa shape index (κ2) is 40.7. The Morgan fingerprint density at radius 1 is 0.115 bits per heavy atom. The number of anilines is 18. The fourth-order valence-corrected chi connectivity index (χ4v) is 22.1. The van der Waals surface area contributed by atoms with Crippen LogP contribution in [0.3, 0.4) is 0 Å². The molecule has 25 aromatic carbocycles. The van der Waals surface area contributed by atoms with E-state index < -0.39 is 0 Å². The van der Waals surface area contributed by atoms with Gasteiger partial charge < -0.3 is 29.4 Å². The first-order valence-corrected chi connectivity index (χ1v) is 51.2. The summed E-state index contributed by atoms with van der Waals surface area (Å²) in [6.45, 7) is 0. The molecule has 0 N–H and O–H groups in total. The minimum atomic E-state index is 1.07. The molecule has 2 aliphatic rings. The smallest absolute Gasteiger partial charge is 0.0540 e. The van der Waals surface area contributed by atoms with Crippen molar-refractivity contribution in [2.75, 3.05) is 29.4 Å². The monoisotopic (exact) mass is 1890 g/mol. The molecule has 0 amide bonds. The molecule has 0 heterocycles. The lowest BCUT2D eigenvalue weighted by molar-refractivity contribution is 1.02. The molecule has 6 nitrogen and oxygen atoms in total. The fraction of sp³-hybridized carbons (Fsp3) is 0.0282. The topological polar surface area (TPSA) is 19.4 Å². The summed E-state index contributed by atoms with van der Waals surface area (Å²) in [5.41, 5.74) is 36.2. The summed E-state index contributed by atoms with van der Waals surface area (Å²) in [5, 5.41) is 15.4. The van der Waals surface area contributed by atoms with E-state index in [-0.39, 0.29) is 0 Å². The average Bonchev–Trinajstić information content (AvgIpc) is 1.67. The predicted octanol–water partition coefficient (Wildman–Crippen LogP) is 39.7. The summed E-state index contributed by atoms with van der Waals surface area (Å²) >= 11 is 0. The molecule has 0 saturated heterocycles. The standard InChI is InChI=1S/C50H36N2.C48H36N2.C44H32N2/c1-3-17-43(18-4-1)51(49-23-11-15-41-13-7-9-21-47(41)49)45-33-29-39(30-34-45)37-25-27-38(28-26-37)40-31-35-46(36-32-40)52(44-19-5-2-6-20-44)50-24-12-16-42-14-8-10-22-48(42)50;1-3-13-39(14-4-1)49(45-31-23-37-11-7-9-35-21-29-43(45)47(35)37)41-25-17-33(18-26-41)34-19-27-42(28-20-34)50(40-15-5-2-6-16-40)46-32-24-38-12-8-10-36-22-30-44(46)48(36)38;1-3-15-39(16-4-1)45(43-29-23-33-11-7-9-13-37(33)31-43)41-25-19-35(20-26-41)36-21-27-42(28-22-36)46(40-17-5-2-6-18-40)44-30-24-34-12-8-10-14-38(34)32-44/h1-36H;1-20,23-28,31-32H,21-22,29-30H2;1-32H. The van der Waals surface area contributed by atoms with Gasteiger partial charge in [-0.3, -0.25) is 0 Å². The highest BCUT2D eigenvalue weighted by Crippen LogP contribution is 2.50. The molecule has 0 bridgehead atoms. The van der Waals surface area contributed by atoms with Crippen LogP contribution in [-0.2, 0) is 25.7 Å². The van der Waals surface area contributed by atoms with E-state index in [0.29, 0.717) is 0 Å². The van der Waals surface area contributed by atoms with E-state index in [9.17, 15) is 0 Å². The molecule has 25 aromatic rings. The Bertz CT molecular complexity index is 8490. The molecule has 6 heteroatoms. The first kappa shape index (κ1) is 90.2. The maximum atomic E-state index is 2.43. The lowest BCUT2D eigenvalue weighted by Crippen LogP contribution is -2.12. The molecular weight excluding hydrogens is 1790 g/mol. The summed E-state index contributed by atoms with van der Waals surface area (Å²) in [6.07, 6.45) is 4.35. The molecule has 0 spiro atoms. The van der Waals surface area contributed by atoms with Gasteiger partial charge in [-0.15, -0.1) is 0 Å². The Kier molecular flexibility index (Phi) is 24.8. The minimum absolute atomic E-state index is 1.07. The minimum Gasteiger partial charge on any atom is -0.310 e. The predicted molar refractivity (Wildman–Crippen MR) is 629 cm³/mol. The number of rotatable bonds is 22. The summed E-state index contributed by atoms with van der Waals surface area (Å²) in [5.74, 6) is 0. The summed E-state index contributed by atoms with van der Waals surface area (Å²) in [7, 11) is 0. The third-order valence-electron chi connectivity index (χ3n) is 29.3. The van der Waals surface area contributed by atoms with Crippen molar-refractivity contribution in [2.24, 2.45) is 0 Å². The van der Waals surface area contributed by atoms with Crippen LogP contribution >= 0.6 is 0 Å². The maximum Gasteiger partial charge on any atom is 0.0540 e. The number of hydrogen-bond donors (Lipinski definition) is 0. The van der Waals surface area contributed by atoms with Crippen molar-refractivity contribution < 1.29 is 0 Å². The van der Waals surface area contributed by atoms with Gasteiger partial charge >= 0.3 is 0 Å². The summed E-state index contributed by atoms with van der Waals surface area (Å²) in [4.78, 5) is 14.2. The quantitative estimate of drug-likeness (QED) is 0.0669. The second-order valence-electron chi connectivity index (χ2n) is 38.1. The zero-order valence-electron chi connectivity index (χ0n) is 81.9. The van der Waals surface area contributed by atoms with Crippen LogP contribution in [-0.4, -0.2) is 0 Å². The molecule has 148 heavy (non-hydrogen) atoms. The molecule has 0 fully saturated rings. The van der Waals surface area contributed by atoms with Crippen LogP contribution in [0.5, 0.6) is 0 Å². The highest BCUT2D eigenvalue weighted by Gasteiger charge is 2.28. The molecule has 0 atom stereocenters. The van der Waals surface area contributed by atoms with Gasteiger partial charge in [0.2, 0.25) is 0 Å². The molecule has 702 valence electrons. The third kappa shape index (κ3) is 18.1. The van der Waals surface area contributed by atoms with Crippen molar-refractivity contribution in [1.82, 2.24) is 0 Å². The van der Waals surface area contributed by atoms with Gasteiger partial charge in [0.25, 0.3) is 0 Å². The van der Waals surface area contributed by atoms with Gasteiger partial charge in [-0.2, -0.15) is 0 Å². The van der Waals surface area contributed by atoms with Crippen molar-refractivity contribution in [1.29, 1.82) is 0 Å². The van der Waals surface area contributed by atoms with Gasteiger partial charge in [-0.05, 0) is 340 Å². The number of benzene rings is 25. The highest BCUT2D eigenvalue weighted by atomic mass is 15.2. The molecule has 0 radical (unpaired) electrons. The Morgan fingerprint density at radius 3 is 0.615 bits per heavy atom. The Hall–Kier alpha value is -19.1. The number of para-hydroxylation sites is 6. The average molecular weight is 1890 g/mol. The van der Waals surface area contributed by atoms with E-state index >= 15 is 0 Å². The number of fused-ring (bicyclic) bond motifs is 4. The highest BCUT2D eigenvalue weighted by molar-refractivity contribution is 6.04. The lowest BCUT2D eigenvalue weighted by atomic mass is 9.99. The van der Waals surface area contributed by atoms with Gasteiger partial charge in [0.1, 0.15) is 0 Å². The summed E-state index contributed by atoms with van der Waals surface area (Å²) < 4.78 is 0. The third-order valence-corrected chi connectivity index (χ3v) is 29.3. The lowest BCUT2D eigenvalue weighted by Gasteiger charge is -2.28. The van der Waals surface area contributed by atoms with E-state index in [1.807, 2.05) is 0 Å². The van der Waals surface area contributed by atoms with E-state index in [1.165, 1.54) is 166 Å². The molecule has 0 saturated carbocycles. The molecule has 27 rings (SSSR count). The van der Waals surface area contributed by atoms with Crippen LogP contribution in [0, 0.1) is 0 Å². The zero-order chi connectivity index (χ0) is 98.4. The van der Waals surface area contributed by atoms with Crippen LogP contribution in [0.25, 0.3) is 109 Å². The molecule has 0 aromatic heterocycles. The van der Waals surface area contributed by atoms with Gasteiger partial charge in [0.15, 0.2) is 0 Å². The van der Waals surface area contributed by atoms with Crippen LogP contribution < -0.4 is 29.4 Å². The van der Waals surface area contributed by atoms with Crippen molar-refractivity contribution in [3.8, 4) is 44.5 Å². The van der Waals surface area contributed by atoms with Crippen LogP contribution in [0.2, 0.25) is 0 Å². The van der Waals surface area contributed by atoms with E-state index in [2.05, 4.69) is 612 Å². The van der Waals surface area contributed by atoms with Crippen LogP contribution in [0.1, 0.15) is 22.3 Å². The van der Waals surface area contributed by atoms with Crippen molar-refractivity contribution in [3.05, 3.63) is 605 Å². The Labute approximate surface area is 865 Å².